The topological polar surface area (TPSA) is 143 Å². The van der Waals surface area contributed by atoms with Gasteiger partial charge in [0, 0.05) is 45.0 Å². The van der Waals surface area contributed by atoms with Crippen molar-refractivity contribution in [3.8, 4) is 0 Å². The van der Waals surface area contributed by atoms with Gasteiger partial charge in [0.25, 0.3) is 5.91 Å². The summed E-state index contributed by atoms with van der Waals surface area (Å²) in [4.78, 5) is 45.3. The van der Waals surface area contributed by atoms with Gasteiger partial charge in [-0.2, -0.15) is 0 Å². The molecule has 2 aromatic carbocycles. The Kier molecular flexibility index (Phi) is 11.1. The minimum atomic E-state index is -0.331. The second-order valence-electron chi connectivity index (χ2n) is 10.3. The molecule has 3 heterocycles. The summed E-state index contributed by atoms with van der Waals surface area (Å²) in [6.07, 6.45) is 3.08. The first kappa shape index (κ1) is 32.8. The lowest BCUT2D eigenvalue weighted by molar-refractivity contribution is 0.102. The van der Waals surface area contributed by atoms with Crippen molar-refractivity contribution in [3.05, 3.63) is 95.0 Å². The van der Waals surface area contributed by atoms with E-state index < -0.39 is 0 Å². The van der Waals surface area contributed by atoms with E-state index in [9.17, 15) is 9.59 Å². The number of urea groups is 1. The van der Waals surface area contributed by atoms with Gasteiger partial charge in [-0.05, 0) is 95.5 Å². The van der Waals surface area contributed by atoms with Crippen LogP contribution in [0.2, 0.25) is 0 Å². The monoisotopic (exact) mass is 700 g/mol. The fourth-order valence-corrected chi connectivity index (χ4v) is 5.42. The lowest BCUT2D eigenvalue weighted by Crippen LogP contribution is -2.31. The fraction of sp³-hybridized carbons (Fsp3) is 0.212. The van der Waals surface area contributed by atoms with Gasteiger partial charge in [-0.25, -0.2) is 24.7 Å². The number of hydrogen-bond acceptors (Lipinski definition) is 9. The van der Waals surface area contributed by atoms with E-state index in [4.69, 9.17) is 9.72 Å². The third-order valence-corrected chi connectivity index (χ3v) is 8.12. The maximum atomic E-state index is 13.5. The Labute approximate surface area is 279 Å². The largest absolute Gasteiger partial charge is 0.380 e. The fourth-order valence-electron chi connectivity index (χ4n) is 4.33. The number of fused-ring (bicyclic) bond motifs is 1. The summed E-state index contributed by atoms with van der Waals surface area (Å²) in [5, 5.41) is 12.5. The van der Waals surface area contributed by atoms with Crippen LogP contribution in [0, 0.1) is 0 Å². The van der Waals surface area contributed by atoms with Crippen LogP contribution in [0.25, 0.3) is 11.0 Å². The molecule has 4 N–H and O–H groups in total. The maximum absolute atomic E-state index is 13.5. The van der Waals surface area contributed by atoms with Crippen molar-refractivity contribution in [3.63, 3.8) is 0 Å². The lowest BCUT2D eigenvalue weighted by Gasteiger charge is -2.15. The third-order valence-electron chi connectivity index (χ3n) is 6.65. The lowest BCUT2D eigenvalue weighted by atomic mass is 10.1. The molecule has 0 aliphatic carbocycles. The minimum Gasteiger partial charge on any atom is -0.380 e. The quantitative estimate of drug-likeness (QED) is 0.0967. The van der Waals surface area contributed by atoms with Crippen LogP contribution in [0.1, 0.15) is 42.7 Å². The van der Waals surface area contributed by atoms with Gasteiger partial charge in [0.2, 0.25) is 0 Å². The van der Waals surface area contributed by atoms with E-state index in [0.717, 1.165) is 25.3 Å². The summed E-state index contributed by atoms with van der Waals surface area (Å²) in [7, 11) is 0. The highest BCUT2D eigenvalue weighted by Gasteiger charge is 2.17. The number of rotatable bonds is 12. The third kappa shape index (κ3) is 8.77. The molecule has 0 radical (unpaired) electrons. The standard InChI is InChI=1S/C33H33BrN8O3S/c1-4-45-16-15-35-33(44)39-22-6-8-23(9-7-22)46-24-10-11-25(32(43)42-29-14-5-21(34)18-36-29)28(17-24)41-31-26-12-13-27(20(2)3)40-30(26)37-19-38-31/h5-14,17-20H,4,15-16H2,1-3H3,(H2,35,39,44)(H,36,42,43)(H,37,38,40,41). The molecule has 13 heteroatoms. The molecule has 11 nitrogen and oxygen atoms in total. The number of nitrogens with zero attached hydrogens (tertiary/aromatic N) is 4. The van der Waals surface area contributed by atoms with Gasteiger partial charge in [-0.3, -0.25) is 4.79 Å². The van der Waals surface area contributed by atoms with Gasteiger partial charge in [0.05, 0.1) is 23.2 Å². The number of carbonyl (C=O) groups is 2. The highest BCUT2D eigenvalue weighted by molar-refractivity contribution is 9.10. The number of hydrogen-bond donors (Lipinski definition) is 4. The first-order valence-corrected chi connectivity index (χ1v) is 16.3. The van der Waals surface area contributed by atoms with Crippen molar-refractivity contribution in [2.75, 3.05) is 35.7 Å². The first-order chi connectivity index (χ1) is 22.3. The number of carbonyl (C=O) groups excluding carboxylic acids is 2. The number of anilines is 4. The normalized spacial score (nSPS) is 11.0. The Morgan fingerprint density at radius 2 is 1.74 bits per heavy atom. The summed E-state index contributed by atoms with van der Waals surface area (Å²) in [5.74, 6) is 0.870. The number of amides is 3. The number of halogens is 1. The summed E-state index contributed by atoms with van der Waals surface area (Å²) in [5.41, 5.74) is 3.12. The molecule has 0 aliphatic rings. The molecule has 5 aromatic rings. The van der Waals surface area contributed by atoms with Crippen molar-refractivity contribution in [1.29, 1.82) is 0 Å². The summed E-state index contributed by atoms with van der Waals surface area (Å²) in [6, 6.07) is 20.2. The predicted molar refractivity (Wildman–Crippen MR) is 185 cm³/mol. The summed E-state index contributed by atoms with van der Waals surface area (Å²) >= 11 is 4.88. The zero-order valence-corrected chi connectivity index (χ0v) is 27.9. The molecule has 0 aliphatic heterocycles. The molecule has 0 unspecified atom stereocenters. The van der Waals surface area contributed by atoms with Crippen molar-refractivity contribution < 1.29 is 14.3 Å². The molecule has 0 fully saturated rings. The minimum absolute atomic E-state index is 0.250. The molecule has 5 rings (SSSR count). The molecule has 0 bridgehead atoms. The van der Waals surface area contributed by atoms with Crippen molar-refractivity contribution >= 4 is 73.7 Å². The Balaban J connectivity index is 1.38. The number of benzene rings is 2. The molecular weight excluding hydrogens is 668 g/mol. The van der Waals surface area contributed by atoms with Crippen molar-refractivity contribution in [1.82, 2.24) is 25.3 Å². The van der Waals surface area contributed by atoms with E-state index in [-0.39, 0.29) is 17.9 Å². The molecule has 0 saturated carbocycles. The molecule has 0 spiro atoms. The number of nitrogens with one attached hydrogen (secondary N) is 4. The van der Waals surface area contributed by atoms with Crippen LogP contribution in [0.4, 0.5) is 27.8 Å². The SMILES string of the molecule is CCOCCNC(=O)Nc1ccc(Sc2ccc(C(=O)Nc3ccc(Br)cn3)c(Nc3ncnc4nc(C(C)C)ccc34)c2)cc1. The number of ether oxygens (including phenoxy) is 1. The van der Waals surface area contributed by atoms with Crippen LogP contribution in [0.5, 0.6) is 0 Å². The molecule has 236 valence electrons. The molecule has 3 aromatic heterocycles. The second-order valence-corrected chi connectivity index (χ2v) is 12.4. The predicted octanol–water partition coefficient (Wildman–Crippen LogP) is 7.61. The average molecular weight is 702 g/mol. The molecule has 0 atom stereocenters. The van der Waals surface area contributed by atoms with Gasteiger partial charge in [-0.15, -0.1) is 0 Å². The first-order valence-electron chi connectivity index (χ1n) is 14.6. The van der Waals surface area contributed by atoms with Gasteiger partial charge >= 0.3 is 6.03 Å². The van der Waals surface area contributed by atoms with Crippen LogP contribution in [-0.2, 0) is 4.74 Å². The van der Waals surface area contributed by atoms with E-state index >= 15 is 0 Å². The van der Waals surface area contributed by atoms with Crippen LogP contribution in [0.15, 0.2) is 93.5 Å². The Hall–Kier alpha value is -4.59. The van der Waals surface area contributed by atoms with Gasteiger partial charge < -0.3 is 26.0 Å². The van der Waals surface area contributed by atoms with Crippen LogP contribution in [-0.4, -0.2) is 51.6 Å². The second kappa shape index (κ2) is 15.6. The van der Waals surface area contributed by atoms with E-state index in [1.807, 2.05) is 61.5 Å². The average Bonchev–Trinajstić information content (AvgIpc) is 3.05. The highest BCUT2D eigenvalue weighted by Crippen LogP contribution is 2.34. The zero-order valence-electron chi connectivity index (χ0n) is 25.5. The van der Waals surface area contributed by atoms with Gasteiger partial charge in [-0.1, -0.05) is 25.6 Å². The van der Waals surface area contributed by atoms with E-state index in [1.165, 1.54) is 18.1 Å². The zero-order chi connectivity index (χ0) is 32.5. The number of pyridine rings is 2. The van der Waals surface area contributed by atoms with Crippen molar-refractivity contribution in [2.24, 2.45) is 0 Å². The molecular formula is C33H33BrN8O3S. The van der Waals surface area contributed by atoms with E-state index in [0.29, 0.717) is 54.0 Å². The number of aromatic nitrogens is 4. The smallest absolute Gasteiger partial charge is 0.319 e. The van der Waals surface area contributed by atoms with Gasteiger partial charge in [0.15, 0.2) is 5.65 Å². The van der Waals surface area contributed by atoms with Gasteiger partial charge in [0.1, 0.15) is 18.0 Å². The Morgan fingerprint density at radius 1 is 0.935 bits per heavy atom. The summed E-state index contributed by atoms with van der Waals surface area (Å²) < 4.78 is 6.05. The van der Waals surface area contributed by atoms with Crippen LogP contribution >= 0.6 is 27.7 Å². The van der Waals surface area contributed by atoms with E-state index in [1.54, 1.807) is 18.3 Å². The maximum Gasteiger partial charge on any atom is 0.319 e. The Morgan fingerprint density at radius 3 is 2.48 bits per heavy atom. The molecule has 46 heavy (non-hydrogen) atoms. The van der Waals surface area contributed by atoms with Crippen LogP contribution < -0.4 is 21.3 Å². The summed E-state index contributed by atoms with van der Waals surface area (Å²) in [6.45, 7) is 7.56. The van der Waals surface area contributed by atoms with E-state index in [2.05, 4.69) is 66.0 Å². The van der Waals surface area contributed by atoms with Crippen LogP contribution in [0.3, 0.4) is 0 Å². The Bertz CT molecular complexity index is 1820. The molecule has 3 amide bonds. The molecule has 0 saturated heterocycles. The highest BCUT2D eigenvalue weighted by atomic mass is 79.9. The van der Waals surface area contributed by atoms with Crippen molar-refractivity contribution in [2.45, 2.75) is 36.5 Å².